The average Bonchev–Trinajstić information content (AvgIpc) is 3.12. The molecule has 3 aromatic rings. The number of halogens is 1. The quantitative estimate of drug-likeness (QED) is 0.636. The molecule has 0 aliphatic heterocycles. The Balaban J connectivity index is 1.88. The highest BCUT2D eigenvalue weighted by Gasteiger charge is 2.19. The predicted molar refractivity (Wildman–Crippen MR) is 109 cm³/mol. The molecule has 0 atom stereocenters. The Hall–Kier alpha value is -3.20. The molecule has 3 rings (SSSR count). The molecule has 0 saturated carbocycles. The second-order valence-electron chi connectivity index (χ2n) is 6.80. The molecule has 1 amide bonds. The summed E-state index contributed by atoms with van der Waals surface area (Å²) in [6, 6.07) is 11.0. The zero-order chi connectivity index (χ0) is 21.2. The Morgan fingerprint density at radius 2 is 1.79 bits per heavy atom. The number of sulfonamides is 1. The van der Waals surface area contributed by atoms with Crippen molar-refractivity contribution >= 4 is 27.4 Å². The van der Waals surface area contributed by atoms with Crippen molar-refractivity contribution in [3.63, 3.8) is 0 Å². The normalized spacial score (nSPS) is 11.5. The fraction of sp³-hybridized carbons (Fsp3) is 0.200. The van der Waals surface area contributed by atoms with Crippen molar-refractivity contribution in [3.8, 4) is 0 Å². The molecule has 0 aliphatic rings. The van der Waals surface area contributed by atoms with Crippen molar-refractivity contribution in [1.82, 2.24) is 9.78 Å². The Labute approximate surface area is 168 Å². The molecule has 2 aromatic carbocycles. The van der Waals surface area contributed by atoms with Gasteiger partial charge in [-0.2, -0.15) is 5.10 Å². The lowest BCUT2D eigenvalue weighted by molar-refractivity contribution is 0.102. The van der Waals surface area contributed by atoms with Crippen LogP contribution in [0.1, 0.15) is 35.8 Å². The highest BCUT2D eigenvalue weighted by Crippen LogP contribution is 2.21. The van der Waals surface area contributed by atoms with E-state index in [4.69, 9.17) is 0 Å². The van der Waals surface area contributed by atoms with Crippen molar-refractivity contribution in [2.24, 2.45) is 0 Å². The number of benzene rings is 2. The van der Waals surface area contributed by atoms with Gasteiger partial charge in [0.25, 0.3) is 15.9 Å². The molecule has 0 saturated heterocycles. The van der Waals surface area contributed by atoms with E-state index < -0.39 is 21.7 Å². The molecule has 152 valence electrons. The zero-order valence-electron chi connectivity index (χ0n) is 16.2. The fourth-order valence-corrected chi connectivity index (χ4v) is 3.84. The fourth-order valence-electron chi connectivity index (χ4n) is 2.75. The molecule has 0 fully saturated rings. The monoisotopic (exact) mass is 416 g/mol. The number of rotatable bonds is 6. The van der Waals surface area contributed by atoms with Gasteiger partial charge in [0.1, 0.15) is 11.6 Å². The van der Waals surface area contributed by atoms with Gasteiger partial charge < -0.3 is 5.32 Å². The van der Waals surface area contributed by atoms with E-state index in [-0.39, 0.29) is 22.2 Å². The van der Waals surface area contributed by atoms with Gasteiger partial charge in [-0.1, -0.05) is 6.07 Å². The van der Waals surface area contributed by atoms with Gasteiger partial charge in [0, 0.05) is 23.4 Å². The summed E-state index contributed by atoms with van der Waals surface area (Å²) in [5.41, 5.74) is 1.07. The van der Waals surface area contributed by atoms with Crippen LogP contribution in [0.15, 0.2) is 59.6 Å². The Kier molecular flexibility index (Phi) is 5.69. The van der Waals surface area contributed by atoms with Gasteiger partial charge in [0.15, 0.2) is 0 Å². The summed E-state index contributed by atoms with van der Waals surface area (Å²) in [7, 11) is -3.95. The minimum Gasteiger partial charge on any atom is -0.307 e. The number of hydrogen-bond donors (Lipinski definition) is 2. The lowest BCUT2D eigenvalue weighted by Crippen LogP contribution is -2.19. The van der Waals surface area contributed by atoms with E-state index in [2.05, 4.69) is 15.1 Å². The standard InChI is InChI=1S/C20H21FN4O3S/c1-13(2)25-19(10-11-22-25)23-20(26)18-12-17(9-4-14(18)3)29(27,28)24-16-7-5-15(21)6-8-16/h4-13,24H,1-3H3,(H,23,26). The maximum absolute atomic E-state index is 13.0. The average molecular weight is 416 g/mol. The first-order valence-electron chi connectivity index (χ1n) is 8.91. The highest BCUT2D eigenvalue weighted by atomic mass is 32.2. The molecule has 9 heteroatoms. The van der Waals surface area contributed by atoms with E-state index in [9.17, 15) is 17.6 Å². The summed E-state index contributed by atoms with van der Waals surface area (Å²) in [6.45, 7) is 5.59. The molecular weight excluding hydrogens is 395 g/mol. The molecule has 0 spiro atoms. The summed E-state index contributed by atoms with van der Waals surface area (Å²) < 4.78 is 42.4. The van der Waals surface area contributed by atoms with E-state index in [1.807, 2.05) is 13.8 Å². The summed E-state index contributed by atoms with van der Waals surface area (Å²) in [5.74, 6) is -0.395. The van der Waals surface area contributed by atoms with Crippen LogP contribution in [0.5, 0.6) is 0 Å². The number of hydrogen-bond acceptors (Lipinski definition) is 4. The van der Waals surface area contributed by atoms with Crippen LogP contribution in [0, 0.1) is 12.7 Å². The molecule has 0 aliphatic carbocycles. The first-order chi connectivity index (χ1) is 13.7. The first kappa shape index (κ1) is 20.5. The largest absolute Gasteiger partial charge is 0.307 e. The lowest BCUT2D eigenvalue weighted by atomic mass is 10.1. The third-order valence-corrected chi connectivity index (χ3v) is 5.64. The summed E-state index contributed by atoms with van der Waals surface area (Å²) in [5, 5.41) is 6.93. The van der Waals surface area contributed by atoms with Gasteiger partial charge in [0.05, 0.1) is 11.1 Å². The maximum Gasteiger partial charge on any atom is 0.261 e. The van der Waals surface area contributed by atoms with E-state index in [0.29, 0.717) is 11.4 Å². The van der Waals surface area contributed by atoms with Crippen LogP contribution in [0.25, 0.3) is 0 Å². The van der Waals surface area contributed by atoms with Crippen LogP contribution in [0.4, 0.5) is 15.9 Å². The second kappa shape index (κ2) is 8.04. The van der Waals surface area contributed by atoms with Gasteiger partial charge in [-0.05, 0) is 62.7 Å². The third kappa shape index (κ3) is 4.62. The first-order valence-corrected chi connectivity index (χ1v) is 10.4. The van der Waals surface area contributed by atoms with Gasteiger partial charge in [-0.15, -0.1) is 0 Å². The van der Waals surface area contributed by atoms with Crippen molar-refractivity contribution in [3.05, 3.63) is 71.7 Å². The molecule has 1 heterocycles. The van der Waals surface area contributed by atoms with Crippen molar-refractivity contribution in [2.75, 3.05) is 10.0 Å². The SMILES string of the molecule is Cc1ccc(S(=O)(=O)Nc2ccc(F)cc2)cc1C(=O)Nc1ccnn1C(C)C. The highest BCUT2D eigenvalue weighted by molar-refractivity contribution is 7.92. The molecule has 0 radical (unpaired) electrons. The van der Waals surface area contributed by atoms with Crippen LogP contribution in [0.3, 0.4) is 0 Å². The smallest absolute Gasteiger partial charge is 0.261 e. The van der Waals surface area contributed by atoms with E-state index >= 15 is 0 Å². The summed E-state index contributed by atoms with van der Waals surface area (Å²) in [6.07, 6.45) is 1.58. The van der Waals surface area contributed by atoms with E-state index in [1.54, 1.807) is 29.9 Å². The van der Waals surface area contributed by atoms with Gasteiger partial charge in [0.2, 0.25) is 0 Å². The minimum absolute atomic E-state index is 0.0491. The van der Waals surface area contributed by atoms with Crippen molar-refractivity contribution in [1.29, 1.82) is 0 Å². The van der Waals surface area contributed by atoms with Crippen molar-refractivity contribution < 1.29 is 17.6 Å². The minimum atomic E-state index is -3.95. The van der Waals surface area contributed by atoms with Crippen LogP contribution in [0.2, 0.25) is 0 Å². The van der Waals surface area contributed by atoms with Gasteiger partial charge in [-0.3, -0.25) is 9.52 Å². The number of aromatic nitrogens is 2. The van der Waals surface area contributed by atoms with E-state index in [0.717, 1.165) is 12.1 Å². The molecule has 0 unspecified atom stereocenters. The number of carbonyl (C=O) groups excluding carboxylic acids is 1. The maximum atomic E-state index is 13.0. The van der Waals surface area contributed by atoms with Gasteiger partial charge >= 0.3 is 0 Å². The number of amides is 1. The molecule has 0 bridgehead atoms. The number of carbonyl (C=O) groups is 1. The van der Waals surface area contributed by atoms with Gasteiger partial charge in [-0.25, -0.2) is 17.5 Å². The molecule has 29 heavy (non-hydrogen) atoms. The zero-order valence-corrected chi connectivity index (χ0v) is 17.0. The summed E-state index contributed by atoms with van der Waals surface area (Å²) in [4.78, 5) is 12.7. The Morgan fingerprint density at radius 1 is 1.10 bits per heavy atom. The van der Waals surface area contributed by atoms with Crippen LogP contribution in [-0.2, 0) is 10.0 Å². The van der Waals surface area contributed by atoms with Crippen LogP contribution >= 0.6 is 0 Å². The number of nitrogens with zero attached hydrogens (tertiary/aromatic N) is 2. The van der Waals surface area contributed by atoms with Crippen molar-refractivity contribution in [2.45, 2.75) is 31.7 Å². The topological polar surface area (TPSA) is 93.1 Å². The molecule has 7 nitrogen and oxygen atoms in total. The molecule has 1 aromatic heterocycles. The third-order valence-electron chi connectivity index (χ3n) is 4.26. The number of anilines is 2. The Bertz CT molecular complexity index is 1140. The Morgan fingerprint density at radius 3 is 2.45 bits per heavy atom. The van der Waals surface area contributed by atoms with Crippen LogP contribution in [-0.4, -0.2) is 24.1 Å². The van der Waals surface area contributed by atoms with E-state index in [1.165, 1.54) is 24.3 Å². The number of aryl methyl sites for hydroxylation is 1. The second-order valence-corrected chi connectivity index (χ2v) is 8.48. The lowest BCUT2D eigenvalue weighted by Gasteiger charge is -2.14. The van der Waals surface area contributed by atoms with Crippen LogP contribution < -0.4 is 10.0 Å². The molecular formula is C20H21FN4O3S. The molecule has 2 N–H and O–H groups in total. The summed E-state index contributed by atoms with van der Waals surface area (Å²) >= 11 is 0. The predicted octanol–water partition coefficient (Wildman–Crippen LogP) is 3.96. The number of nitrogens with one attached hydrogen (secondary N) is 2.